The maximum absolute atomic E-state index is 12.3. The van der Waals surface area contributed by atoms with E-state index in [-0.39, 0.29) is 18.0 Å². The summed E-state index contributed by atoms with van der Waals surface area (Å²) in [5.41, 5.74) is -0.118. The van der Waals surface area contributed by atoms with Gasteiger partial charge in [0.15, 0.2) is 0 Å². The molecule has 1 aromatic heterocycles. The van der Waals surface area contributed by atoms with Crippen LogP contribution in [0.5, 0.6) is 0 Å². The predicted octanol–water partition coefficient (Wildman–Crippen LogP) is 2.07. The molecule has 23 heavy (non-hydrogen) atoms. The Morgan fingerprint density at radius 3 is 2.83 bits per heavy atom. The number of hydrogen-bond donors (Lipinski definition) is 1. The number of fused-ring (bicyclic) bond motifs is 1. The number of piperidine rings is 1. The minimum absolute atomic E-state index is 0.0162. The summed E-state index contributed by atoms with van der Waals surface area (Å²) in [6.45, 7) is 6.75. The zero-order valence-electron chi connectivity index (χ0n) is 13.8. The average Bonchev–Trinajstić information content (AvgIpc) is 3.17. The maximum atomic E-state index is 12.3. The van der Waals surface area contributed by atoms with Crippen LogP contribution in [0.3, 0.4) is 0 Å². The summed E-state index contributed by atoms with van der Waals surface area (Å²) in [5, 5.41) is 2.89. The van der Waals surface area contributed by atoms with E-state index in [1.807, 2.05) is 20.8 Å². The molecule has 1 saturated heterocycles. The first kappa shape index (κ1) is 15.8. The fourth-order valence-electron chi connectivity index (χ4n) is 3.15. The Hall–Kier alpha value is -2.11. The first-order chi connectivity index (χ1) is 10.8. The number of likely N-dealkylation sites (tertiary alicyclic amines) is 1. The van der Waals surface area contributed by atoms with Gasteiger partial charge in [0.2, 0.25) is 0 Å². The highest BCUT2D eigenvalue weighted by molar-refractivity contribution is 5.92. The summed E-state index contributed by atoms with van der Waals surface area (Å²) >= 11 is 0. The molecule has 6 heteroatoms. The summed E-state index contributed by atoms with van der Waals surface area (Å²) < 4.78 is 5.47. The lowest BCUT2D eigenvalue weighted by molar-refractivity contribution is 0.0192. The predicted molar refractivity (Wildman–Crippen MR) is 84.9 cm³/mol. The highest BCUT2D eigenvalue weighted by Gasteiger charge is 2.54. The maximum Gasteiger partial charge on any atom is 0.410 e. The van der Waals surface area contributed by atoms with E-state index in [0.717, 1.165) is 13.0 Å². The molecule has 1 N–H and O–H groups in total. The zero-order chi connectivity index (χ0) is 16.6. The normalized spacial score (nSPS) is 25.7. The molecule has 3 rings (SSSR count). The van der Waals surface area contributed by atoms with Crippen molar-refractivity contribution in [2.45, 2.75) is 38.8 Å². The van der Waals surface area contributed by atoms with Crippen LogP contribution in [-0.2, 0) is 4.74 Å². The smallest absolute Gasteiger partial charge is 0.410 e. The highest BCUT2D eigenvalue weighted by Crippen LogP contribution is 2.49. The number of nitrogens with one attached hydrogen (secondary N) is 1. The van der Waals surface area contributed by atoms with Crippen molar-refractivity contribution in [2.24, 2.45) is 11.8 Å². The van der Waals surface area contributed by atoms with Crippen LogP contribution in [0.4, 0.5) is 4.79 Å². The molecule has 3 unspecified atom stereocenters. The van der Waals surface area contributed by atoms with Crippen LogP contribution in [0.1, 0.15) is 37.7 Å². The quantitative estimate of drug-likeness (QED) is 0.926. The van der Waals surface area contributed by atoms with Gasteiger partial charge in [0, 0.05) is 19.3 Å². The molecule has 1 saturated carbocycles. The lowest BCUT2D eigenvalue weighted by Gasteiger charge is -2.30. The van der Waals surface area contributed by atoms with Gasteiger partial charge in [-0.2, -0.15) is 0 Å². The molecular weight excluding hydrogens is 294 g/mol. The molecular formula is C17H23N3O3. The van der Waals surface area contributed by atoms with Crippen molar-refractivity contribution >= 4 is 12.0 Å². The molecule has 2 aliphatic rings. The molecule has 2 fully saturated rings. The number of nitrogens with zero attached hydrogens (tertiary/aromatic N) is 2. The Balaban J connectivity index is 1.59. The first-order valence-corrected chi connectivity index (χ1v) is 8.04. The van der Waals surface area contributed by atoms with E-state index < -0.39 is 5.60 Å². The van der Waals surface area contributed by atoms with Gasteiger partial charge >= 0.3 is 6.09 Å². The van der Waals surface area contributed by atoms with Crippen molar-refractivity contribution in [3.05, 3.63) is 30.1 Å². The minimum atomic E-state index is -0.508. The molecule has 6 nitrogen and oxygen atoms in total. The van der Waals surface area contributed by atoms with E-state index in [0.29, 0.717) is 24.1 Å². The van der Waals surface area contributed by atoms with Crippen molar-refractivity contribution in [1.82, 2.24) is 15.2 Å². The topological polar surface area (TPSA) is 71.5 Å². The summed E-state index contributed by atoms with van der Waals surface area (Å²) in [6.07, 6.45) is 2.43. The van der Waals surface area contributed by atoms with Crippen molar-refractivity contribution in [3.63, 3.8) is 0 Å². The molecule has 1 aromatic rings. The monoisotopic (exact) mass is 317 g/mol. The van der Waals surface area contributed by atoms with Gasteiger partial charge in [-0.05, 0) is 51.2 Å². The average molecular weight is 317 g/mol. The van der Waals surface area contributed by atoms with E-state index >= 15 is 0 Å². The summed E-state index contributed by atoms with van der Waals surface area (Å²) in [5.74, 6) is 0.824. The Morgan fingerprint density at radius 2 is 2.17 bits per heavy atom. The van der Waals surface area contributed by atoms with Crippen molar-refractivity contribution in [2.75, 3.05) is 13.1 Å². The van der Waals surface area contributed by atoms with Gasteiger partial charge in [0.05, 0.1) is 6.04 Å². The Morgan fingerprint density at radius 1 is 1.39 bits per heavy atom. The second-order valence-electron chi connectivity index (χ2n) is 7.28. The van der Waals surface area contributed by atoms with E-state index in [1.165, 1.54) is 0 Å². The SMILES string of the molecule is CC(C)(C)OC(=O)N1CC2CC2C1CNC(=O)c1ccccn1. The Bertz CT molecular complexity index is 597. The van der Waals surface area contributed by atoms with Gasteiger partial charge in [-0.15, -0.1) is 0 Å². The molecule has 0 bridgehead atoms. The van der Waals surface area contributed by atoms with Crippen LogP contribution in [0.2, 0.25) is 0 Å². The Labute approximate surface area is 136 Å². The molecule has 2 heterocycles. The van der Waals surface area contributed by atoms with Crippen molar-refractivity contribution in [3.8, 4) is 0 Å². The number of carbonyl (C=O) groups is 2. The van der Waals surface area contributed by atoms with Crippen molar-refractivity contribution < 1.29 is 14.3 Å². The molecule has 124 valence electrons. The first-order valence-electron chi connectivity index (χ1n) is 8.04. The van der Waals surface area contributed by atoms with Gasteiger partial charge in [-0.3, -0.25) is 9.78 Å². The number of hydrogen-bond acceptors (Lipinski definition) is 4. The molecule has 3 atom stereocenters. The van der Waals surface area contributed by atoms with Gasteiger partial charge in [-0.25, -0.2) is 4.79 Å². The number of pyridine rings is 1. The number of rotatable bonds is 3. The number of ether oxygens (including phenoxy) is 1. The van der Waals surface area contributed by atoms with Crippen LogP contribution in [0.25, 0.3) is 0 Å². The van der Waals surface area contributed by atoms with E-state index in [2.05, 4.69) is 10.3 Å². The molecule has 2 amide bonds. The molecule has 0 radical (unpaired) electrons. The third-order valence-electron chi connectivity index (χ3n) is 4.30. The molecule has 0 spiro atoms. The van der Waals surface area contributed by atoms with Gasteiger partial charge in [0.25, 0.3) is 5.91 Å². The number of aromatic nitrogens is 1. The van der Waals surface area contributed by atoms with Crippen LogP contribution >= 0.6 is 0 Å². The number of carbonyl (C=O) groups excluding carboxylic acids is 2. The zero-order valence-corrected chi connectivity index (χ0v) is 13.8. The molecule has 1 aliphatic carbocycles. The third-order valence-corrected chi connectivity index (χ3v) is 4.30. The van der Waals surface area contributed by atoms with Gasteiger partial charge < -0.3 is 15.0 Å². The van der Waals surface area contributed by atoms with E-state index in [9.17, 15) is 9.59 Å². The standard InChI is InChI=1S/C17H23N3O3/c1-17(2,3)23-16(22)20-10-11-8-12(11)14(20)9-19-15(21)13-6-4-5-7-18-13/h4-7,11-12,14H,8-10H2,1-3H3,(H,19,21). The van der Waals surface area contributed by atoms with E-state index in [4.69, 9.17) is 4.74 Å². The lowest BCUT2D eigenvalue weighted by Crippen LogP contribution is -2.47. The van der Waals surface area contributed by atoms with Gasteiger partial charge in [-0.1, -0.05) is 6.07 Å². The minimum Gasteiger partial charge on any atom is -0.444 e. The largest absolute Gasteiger partial charge is 0.444 e. The molecule has 0 aromatic carbocycles. The summed E-state index contributed by atoms with van der Waals surface area (Å²) in [4.78, 5) is 30.3. The second kappa shape index (κ2) is 5.83. The summed E-state index contributed by atoms with van der Waals surface area (Å²) in [7, 11) is 0. The highest BCUT2D eigenvalue weighted by atomic mass is 16.6. The molecule has 1 aliphatic heterocycles. The van der Waals surface area contributed by atoms with Crippen LogP contribution in [0, 0.1) is 11.8 Å². The van der Waals surface area contributed by atoms with Crippen molar-refractivity contribution in [1.29, 1.82) is 0 Å². The Kier molecular flexibility index (Phi) is 4.00. The van der Waals surface area contributed by atoms with Gasteiger partial charge in [0.1, 0.15) is 11.3 Å². The summed E-state index contributed by atoms with van der Waals surface area (Å²) in [6, 6.07) is 5.24. The second-order valence-corrected chi connectivity index (χ2v) is 7.28. The van der Waals surface area contributed by atoms with Crippen LogP contribution in [-0.4, -0.2) is 46.6 Å². The van der Waals surface area contributed by atoms with Crippen LogP contribution < -0.4 is 5.32 Å². The lowest BCUT2D eigenvalue weighted by atomic mass is 10.2. The fraction of sp³-hybridized carbons (Fsp3) is 0.588. The van der Waals surface area contributed by atoms with Crippen LogP contribution in [0.15, 0.2) is 24.4 Å². The fourth-order valence-corrected chi connectivity index (χ4v) is 3.15. The third kappa shape index (κ3) is 3.63. The number of amides is 2. The van der Waals surface area contributed by atoms with E-state index in [1.54, 1.807) is 29.3 Å².